The summed E-state index contributed by atoms with van der Waals surface area (Å²) >= 11 is 0. The molecule has 1 fully saturated rings. The van der Waals surface area contributed by atoms with Crippen LogP contribution in [0.4, 0.5) is 14.5 Å². The lowest BCUT2D eigenvalue weighted by atomic mass is 9.84. The maximum atomic E-state index is 13.8. The van der Waals surface area contributed by atoms with Crippen LogP contribution in [0.25, 0.3) is 0 Å². The lowest BCUT2D eigenvalue weighted by Gasteiger charge is -2.37. The number of amides is 2. The Bertz CT molecular complexity index is 1100. The van der Waals surface area contributed by atoms with Gasteiger partial charge in [-0.25, -0.2) is 8.78 Å². The molecule has 2 aliphatic rings. The molecule has 2 amide bonds. The van der Waals surface area contributed by atoms with Gasteiger partial charge in [0.1, 0.15) is 29.6 Å². The van der Waals surface area contributed by atoms with Gasteiger partial charge in [0.05, 0.1) is 25.7 Å². The predicted octanol–water partition coefficient (Wildman–Crippen LogP) is 2.17. The van der Waals surface area contributed by atoms with Crippen LogP contribution in [-0.2, 0) is 20.9 Å². The second-order valence-electron chi connectivity index (χ2n) is 9.16. The highest BCUT2D eigenvalue weighted by Gasteiger charge is 2.46. The van der Waals surface area contributed by atoms with Crippen molar-refractivity contribution in [1.82, 2.24) is 10.2 Å². The Morgan fingerprint density at radius 1 is 1.14 bits per heavy atom. The number of rotatable bonds is 8. The summed E-state index contributed by atoms with van der Waals surface area (Å²) < 4.78 is 39.2. The highest BCUT2D eigenvalue weighted by atomic mass is 19.1. The Morgan fingerprint density at radius 3 is 2.69 bits per heavy atom. The quantitative estimate of drug-likeness (QED) is 0.526. The average Bonchev–Trinajstić information content (AvgIpc) is 3.16. The molecule has 188 valence electrons. The fraction of sp³-hybridized carbons (Fsp3) is 0.440. The van der Waals surface area contributed by atoms with Crippen LogP contribution in [0, 0.1) is 11.6 Å². The number of aliphatic hydroxyl groups excluding tert-OH is 1. The molecule has 0 bridgehead atoms. The number of nitrogens with one attached hydrogen (secondary N) is 2. The Morgan fingerprint density at radius 2 is 1.94 bits per heavy atom. The number of anilines is 1. The molecular formula is C25H29F2N3O5. The summed E-state index contributed by atoms with van der Waals surface area (Å²) in [6, 6.07) is 8.47. The van der Waals surface area contributed by atoms with Gasteiger partial charge < -0.3 is 30.1 Å². The molecule has 2 heterocycles. The van der Waals surface area contributed by atoms with E-state index in [1.165, 1.54) is 0 Å². The molecule has 0 radical (unpaired) electrons. The third kappa shape index (κ3) is 5.95. The van der Waals surface area contributed by atoms with E-state index in [4.69, 9.17) is 9.47 Å². The third-order valence-electron chi connectivity index (χ3n) is 6.14. The molecule has 35 heavy (non-hydrogen) atoms. The Kier molecular flexibility index (Phi) is 7.63. The van der Waals surface area contributed by atoms with Crippen molar-refractivity contribution in [3.8, 4) is 5.75 Å². The van der Waals surface area contributed by atoms with Gasteiger partial charge >= 0.3 is 0 Å². The van der Waals surface area contributed by atoms with Crippen LogP contribution in [0.1, 0.15) is 29.9 Å². The molecular weight excluding hydrogens is 460 g/mol. The standard InChI is InChI=1S/C25H29F2N3O5/c1-30(2)12-24(33)29-16-4-6-21-18(8-16)19-9-17(34-22(13-31)25(19)35-21)10-23(32)28-11-14-7-15(26)3-5-20(14)27/h3-8,17,19,22,25,31H,9-13H2,1-2H3,(H,28,32)(H,29,33)/t17-,19-,22+,25+/m0/s1. The van der Waals surface area contributed by atoms with Crippen LogP contribution in [0.5, 0.6) is 5.75 Å². The molecule has 0 saturated carbocycles. The molecule has 4 rings (SSSR count). The van der Waals surface area contributed by atoms with Gasteiger partial charge in [-0.3, -0.25) is 9.59 Å². The van der Waals surface area contributed by atoms with Crippen LogP contribution < -0.4 is 15.4 Å². The Labute approximate surface area is 202 Å². The minimum Gasteiger partial charge on any atom is -0.487 e. The first-order chi connectivity index (χ1) is 16.7. The molecule has 0 unspecified atom stereocenters. The molecule has 0 aliphatic carbocycles. The number of likely N-dealkylation sites (N-methyl/N-ethyl adjacent to an activating group) is 1. The summed E-state index contributed by atoms with van der Waals surface area (Å²) in [5.74, 6) is -1.19. The van der Waals surface area contributed by atoms with Gasteiger partial charge in [-0.15, -0.1) is 0 Å². The van der Waals surface area contributed by atoms with Gasteiger partial charge in [0.2, 0.25) is 11.8 Å². The second-order valence-corrected chi connectivity index (χ2v) is 9.16. The van der Waals surface area contributed by atoms with E-state index < -0.39 is 29.9 Å². The number of fused-ring (bicyclic) bond motifs is 3. The normalized spacial score (nSPS) is 22.8. The van der Waals surface area contributed by atoms with Gasteiger partial charge in [-0.2, -0.15) is 0 Å². The van der Waals surface area contributed by atoms with Crippen LogP contribution >= 0.6 is 0 Å². The van der Waals surface area contributed by atoms with Crippen molar-refractivity contribution in [2.45, 2.75) is 43.6 Å². The SMILES string of the molecule is CN(C)CC(=O)Nc1ccc2c(c1)[C@@H]1C[C@@H](CC(=O)NCc3cc(F)ccc3F)O[C@H](CO)[C@@H]1O2. The monoisotopic (exact) mass is 489 g/mol. The molecule has 3 N–H and O–H groups in total. The molecule has 4 atom stereocenters. The number of halogens is 2. The van der Waals surface area contributed by atoms with Gasteiger partial charge in [0.25, 0.3) is 0 Å². The number of benzene rings is 2. The van der Waals surface area contributed by atoms with Crippen molar-refractivity contribution in [1.29, 1.82) is 0 Å². The van der Waals surface area contributed by atoms with Crippen LogP contribution in [0.3, 0.4) is 0 Å². The van der Waals surface area contributed by atoms with Crippen LogP contribution in [0.2, 0.25) is 0 Å². The summed E-state index contributed by atoms with van der Waals surface area (Å²) in [7, 11) is 3.62. The summed E-state index contributed by atoms with van der Waals surface area (Å²) in [4.78, 5) is 26.4. The zero-order valence-corrected chi connectivity index (χ0v) is 19.6. The van der Waals surface area contributed by atoms with E-state index in [-0.39, 0.29) is 49.4 Å². The van der Waals surface area contributed by atoms with Crippen molar-refractivity contribution in [2.75, 3.05) is 32.6 Å². The highest BCUT2D eigenvalue weighted by Crippen LogP contribution is 2.47. The first-order valence-corrected chi connectivity index (χ1v) is 11.5. The summed E-state index contributed by atoms with van der Waals surface area (Å²) in [6.07, 6.45) is -1.10. The topological polar surface area (TPSA) is 100 Å². The average molecular weight is 490 g/mol. The number of ether oxygens (including phenoxy) is 2. The van der Waals surface area contributed by atoms with Gasteiger partial charge in [-0.1, -0.05) is 0 Å². The van der Waals surface area contributed by atoms with Crippen molar-refractivity contribution < 1.29 is 33.0 Å². The first kappa shape index (κ1) is 25.0. The van der Waals surface area contributed by atoms with Gasteiger partial charge in [0, 0.05) is 29.3 Å². The highest BCUT2D eigenvalue weighted by molar-refractivity contribution is 5.92. The molecule has 2 aliphatic heterocycles. The zero-order chi connectivity index (χ0) is 25.1. The minimum absolute atomic E-state index is 0.00868. The Hall–Kier alpha value is -3.08. The molecule has 10 heteroatoms. The zero-order valence-electron chi connectivity index (χ0n) is 19.6. The number of aliphatic hydroxyl groups is 1. The largest absolute Gasteiger partial charge is 0.487 e. The van der Waals surface area contributed by atoms with Crippen LogP contribution in [0.15, 0.2) is 36.4 Å². The van der Waals surface area contributed by atoms with Crippen molar-refractivity contribution in [3.63, 3.8) is 0 Å². The summed E-state index contributed by atoms with van der Waals surface area (Å²) in [5.41, 5.74) is 1.57. The number of nitrogens with zero attached hydrogens (tertiary/aromatic N) is 1. The number of hydrogen-bond acceptors (Lipinski definition) is 6. The molecule has 8 nitrogen and oxygen atoms in total. The van der Waals surface area contributed by atoms with Gasteiger partial charge in [-0.05, 0) is 56.9 Å². The van der Waals surface area contributed by atoms with E-state index in [1.54, 1.807) is 17.0 Å². The van der Waals surface area contributed by atoms with Crippen LogP contribution in [-0.4, -0.2) is 67.4 Å². The predicted molar refractivity (Wildman–Crippen MR) is 124 cm³/mol. The fourth-order valence-corrected chi connectivity index (χ4v) is 4.61. The smallest absolute Gasteiger partial charge is 0.238 e. The number of hydrogen-bond donors (Lipinski definition) is 3. The van der Waals surface area contributed by atoms with E-state index in [0.29, 0.717) is 17.9 Å². The van der Waals surface area contributed by atoms with E-state index in [2.05, 4.69) is 10.6 Å². The van der Waals surface area contributed by atoms with Crippen molar-refractivity contribution >= 4 is 17.5 Å². The summed E-state index contributed by atoms with van der Waals surface area (Å²) in [6.45, 7) is -0.183. The maximum absolute atomic E-state index is 13.8. The van der Waals surface area contributed by atoms with E-state index in [1.807, 2.05) is 20.2 Å². The fourth-order valence-electron chi connectivity index (χ4n) is 4.61. The van der Waals surface area contributed by atoms with Crippen molar-refractivity contribution in [3.05, 3.63) is 59.2 Å². The number of carbonyl (C=O) groups excluding carboxylic acids is 2. The molecule has 2 aromatic carbocycles. The second kappa shape index (κ2) is 10.7. The molecule has 2 aromatic rings. The lowest BCUT2D eigenvalue weighted by molar-refractivity contribution is -0.142. The third-order valence-corrected chi connectivity index (χ3v) is 6.14. The molecule has 0 aromatic heterocycles. The lowest BCUT2D eigenvalue weighted by Crippen LogP contribution is -2.47. The van der Waals surface area contributed by atoms with E-state index in [0.717, 1.165) is 23.8 Å². The molecule has 0 spiro atoms. The van der Waals surface area contributed by atoms with Gasteiger partial charge in [0.15, 0.2) is 0 Å². The first-order valence-electron chi connectivity index (χ1n) is 11.5. The van der Waals surface area contributed by atoms with E-state index >= 15 is 0 Å². The van der Waals surface area contributed by atoms with E-state index in [9.17, 15) is 23.5 Å². The van der Waals surface area contributed by atoms with Crippen molar-refractivity contribution in [2.24, 2.45) is 0 Å². The minimum atomic E-state index is -0.633. The number of carbonyl (C=O) groups is 2. The summed E-state index contributed by atoms with van der Waals surface area (Å²) in [5, 5.41) is 15.4. The molecule has 1 saturated heterocycles. The maximum Gasteiger partial charge on any atom is 0.238 e. The Balaban J connectivity index is 1.42.